The highest BCUT2D eigenvalue weighted by atomic mass is 32.2. The van der Waals surface area contributed by atoms with Crippen molar-refractivity contribution < 1.29 is 9.59 Å². The number of nitrogen functional groups attached to an aromatic ring is 1. The van der Waals surface area contributed by atoms with Gasteiger partial charge in [-0.2, -0.15) is 0 Å². The number of hydrogen-bond donors (Lipinski definition) is 2. The second kappa shape index (κ2) is 4.36. The van der Waals surface area contributed by atoms with Crippen LogP contribution in [0.3, 0.4) is 0 Å². The topological polar surface area (TPSA) is 103 Å². The lowest BCUT2D eigenvalue weighted by Crippen LogP contribution is -2.23. The van der Waals surface area contributed by atoms with Crippen molar-refractivity contribution in [1.29, 1.82) is 0 Å². The Morgan fingerprint density at radius 2 is 2.18 bits per heavy atom. The van der Waals surface area contributed by atoms with E-state index in [0.717, 1.165) is 0 Å². The monoisotopic (exact) mass is 255 g/mol. The average molecular weight is 255 g/mol. The molecular weight excluding hydrogens is 242 g/mol. The molecule has 1 aromatic rings. The number of nitrogens with zero attached hydrogens (tertiary/aromatic N) is 3. The molecule has 92 valence electrons. The first kappa shape index (κ1) is 11.9. The number of carbonyl (C=O) groups is 2. The second-order valence-electron chi connectivity index (χ2n) is 4.03. The van der Waals surface area contributed by atoms with Gasteiger partial charge in [0.15, 0.2) is 5.16 Å². The second-order valence-corrected chi connectivity index (χ2v) is 5.20. The number of nitrogens with two attached hydrogens (primary N) is 1. The molecule has 0 saturated carbocycles. The van der Waals surface area contributed by atoms with E-state index in [0.29, 0.717) is 11.1 Å². The summed E-state index contributed by atoms with van der Waals surface area (Å²) >= 11 is 1.22. The predicted molar refractivity (Wildman–Crippen MR) is 62.2 cm³/mol. The highest BCUT2D eigenvalue weighted by Gasteiger charge is 2.33. The van der Waals surface area contributed by atoms with Gasteiger partial charge in [-0.3, -0.25) is 19.5 Å². The van der Waals surface area contributed by atoms with Crippen LogP contribution in [0.5, 0.6) is 0 Å². The summed E-state index contributed by atoms with van der Waals surface area (Å²) in [4.78, 5) is 22.5. The molecule has 0 spiro atoms. The SMILES string of the molecule is CC(C)n1c(N)nnc1SC1CC(=O)NC1=O. The van der Waals surface area contributed by atoms with Crippen LogP contribution in [0.15, 0.2) is 5.16 Å². The summed E-state index contributed by atoms with van der Waals surface area (Å²) in [6, 6.07) is 0.104. The van der Waals surface area contributed by atoms with Crippen LogP contribution in [-0.4, -0.2) is 31.8 Å². The summed E-state index contributed by atoms with van der Waals surface area (Å²) in [7, 11) is 0. The van der Waals surface area contributed by atoms with E-state index in [1.807, 2.05) is 13.8 Å². The molecule has 3 N–H and O–H groups in total. The van der Waals surface area contributed by atoms with Gasteiger partial charge in [0.25, 0.3) is 0 Å². The van der Waals surface area contributed by atoms with Gasteiger partial charge in [-0.1, -0.05) is 11.8 Å². The average Bonchev–Trinajstić information content (AvgIpc) is 2.71. The molecule has 1 aromatic heterocycles. The Labute approximate surface area is 102 Å². The van der Waals surface area contributed by atoms with Crippen molar-refractivity contribution in [3.8, 4) is 0 Å². The zero-order valence-corrected chi connectivity index (χ0v) is 10.3. The summed E-state index contributed by atoms with van der Waals surface area (Å²) in [5.41, 5.74) is 5.69. The Balaban J connectivity index is 2.19. The number of amides is 2. The maximum Gasteiger partial charge on any atom is 0.240 e. The van der Waals surface area contributed by atoms with Crippen LogP contribution in [0, 0.1) is 0 Å². The van der Waals surface area contributed by atoms with Crippen LogP contribution in [0.1, 0.15) is 26.3 Å². The van der Waals surface area contributed by atoms with E-state index in [9.17, 15) is 9.59 Å². The van der Waals surface area contributed by atoms with E-state index in [-0.39, 0.29) is 24.3 Å². The van der Waals surface area contributed by atoms with Crippen LogP contribution in [0.2, 0.25) is 0 Å². The Morgan fingerprint density at radius 3 is 2.71 bits per heavy atom. The minimum absolute atomic E-state index is 0.104. The molecule has 2 amide bonds. The first-order valence-corrected chi connectivity index (χ1v) is 6.07. The van der Waals surface area contributed by atoms with Crippen LogP contribution in [-0.2, 0) is 9.59 Å². The van der Waals surface area contributed by atoms with Crippen LogP contribution >= 0.6 is 11.8 Å². The van der Waals surface area contributed by atoms with Gasteiger partial charge >= 0.3 is 0 Å². The van der Waals surface area contributed by atoms with Crippen LogP contribution in [0.4, 0.5) is 5.95 Å². The maximum absolute atomic E-state index is 11.4. The molecule has 1 aliphatic rings. The molecule has 2 rings (SSSR count). The third-order valence-corrected chi connectivity index (χ3v) is 3.54. The van der Waals surface area contributed by atoms with E-state index in [1.165, 1.54) is 11.8 Å². The van der Waals surface area contributed by atoms with Gasteiger partial charge in [0, 0.05) is 12.5 Å². The van der Waals surface area contributed by atoms with Crippen molar-refractivity contribution in [3.63, 3.8) is 0 Å². The lowest BCUT2D eigenvalue weighted by Gasteiger charge is -2.12. The number of rotatable bonds is 3. The van der Waals surface area contributed by atoms with Crippen molar-refractivity contribution in [2.45, 2.75) is 36.7 Å². The largest absolute Gasteiger partial charge is 0.368 e. The summed E-state index contributed by atoms with van der Waals surface area (Å²) < 4.78 is 1.74. The number of hydrogen-bond acceptors (Lipinski definition) is 6. The summed E-state index contributed by atoms with van der Waals surface area (Å²) in [6.07, 6.45) is 0.175. The molecule has 8 heteroatoms. The fourth-order valence-corrected chi connectivity index (χ4v) is 2.77. The molecule has 0 bridgehead atoms. The van der Waals surface area contributed by atoms with Crippen LogP contribution in [0.25, 0.3) is 0 Å². The number of imide groups is 1. The number of anilines is 1. The smallest absolute Gasteiger partial charge is 0.240 e. The number of aromatic nitrogens is 3. The normalized spacial score (nSPS) is 20.1. The predicted octanol–water partition coefficient (Wildman–Crippen LogP) is -0.0516. The lowest BCUT2D eigenvalue weighted by molar-refractivity contribution is -0.124. The zero-order valence-electron chi connectivity index (χ0n) is 9.51. The van der Waals surface area contributed by atoms with Gasteiger partial charge in [-0.25, -0.2) is 0 Å². The minimum atomic E-state index is -0.441. The summed E-state index contributed by atoms with van der Waals surface area (Å²) in [6.45, 7) is 3.90. The fraction of sp³-hybridized carbons (Fsp3) is 0.556. The summed E-state index contributed by atoms with van der Waals surface area (Å²) in [5, 5.41) is 10.1. The highest BCUT2D eigenvalue weighted by Crippen LogP contribution is 2.29. The van der Waals surface area contributed by atoms with Gasteiger partial charge in [-0.15, -0.1) is 10.2 Å². The van der Waals surface area contributed by atoms with E-state index in [2.05, 4.69) is 15.5 Å². The molecule has 1 saturated heterocycles. The van der Waals surface area contributed by atoms with E-state index in [1.54, 1.807) is 4.57 Å². The highest BCUT2D eigenvalue weighted by molar-refractivity contribution is 8.00. The lowest BCUT2D eigenvalue weighted by atomic mass is 10.4. The maximum atomic E-state index is 11.4. The molecule has 1 aliphatic heterocycles. The van der Waals surface area contributed by atoms with Gasteiger partial charge in [0.2, 0.25) is 17.8 Å². The van der Waals surface area contributed by atoms with E-state index >= 15 is 0 Å². The van der Waals surface area contributed by atoms with Gasteiger partial charge < -0.3 is 5.73 Å². The molecule has 1 fully saturated rings. The molecule has 17 heavy (non-hydrogen) atoms. The van der Waals surface area contributed by atoms with Gasteiger partial charge in [-0.05, 0) is 13.8 Å². The number of carbonyl (C=O) groups excluding carboxylic acids is 2. The molecule has 1 unspecified atom stereocenters. The molecule has 1 atom stereocenters. The summed E-state index contributed by atoms with van der Waals surface area (Å²) in [5.74, 6) is -0.222. The minimum Gasteiger partial charge on any atom is -0.368 e. The fourth-order valence-electron chi connectivity index (χ4n) is 1.61. The number of thioether (sulfide) groups is 1. The molecule has 7 nitrogen and oxygen atoms in total. The Morgan fingerprint density at radius 1 is 1.47 bits per heavy atom. The molecule has 2 heterocycles. The first-order chi connectivity index (χ1) is 7.99. The first-order valence-electron chi connectivity index (χ1n) is 5.19. The molecule has 0 aliphatic carbocycles. The third kappa shape index (κ3) is 2.26. The standard InChI is InChI=1S/C9H13N5O2S/c1-4(2)14-8(10)12-13-9(14)17-5-3-6(15)11-7(5)16/h4-5H,3H2,1-2H3,(H2,10,12)(H,11,15,16). The van der Waals surface area contributed by atoms with Gasteiger partial charge in [0.05, 0.1) is 0 Å². The molecule has 0 radical (unpaired) electrons. The Hall–Kier alpha value is -1.57. The van der Waals surface area contributed by atoms with Crippen molar-refractivity contribution >= 4 is 29.5 Å². The third-order valence-electron chi connectivity index (χ3n) is 2.38. The van der Waals surface area contributed by atoms with E-state index < -0.39 is 5.25 Å². The van der Waals surface area contributed by atoms with Crippen LogP contribution < -0.4 is 11.1 Å². The quantitative estimate of drug-likeness (QED) is 0.734. The molecule has 0 aromatic carbocycles. The molecular formula is C9H13N5O2S. The van der Waals surface area contributed by atoms with Crippen molar-refractivity contribution in [2.24, 2.45) is 0 Å². The van der Waals surface area contributed by atoms with Crippen molar-refractivity contribution in [3.05, 3.63) is 0 Å². The zero-order chi connectivity index (χ0) is 12.6. The Kier molecular flexibility index (Phi) is 3.05. The van der Waals surface area contributed by atoms with Crippen molar-refractivity contribution in [1.82, 2.24) is 20.1 Å². The number of nitrogens with one attached hydrogen (secondary N) is 1. The Bertz CT molecular complexity index is 470. The van der Waals surface area contributed by atoms with Gasteiger partial charge in [0.1, 0.15) is 5.25 Å². The van der Waals surface area contributed by atoms with Crippen molar-refractivity contribution in [2.75, 3.05) is 5.73 Å². The van der Waals surface area contributed by atoms with E-state index in [4.69, 9.17) is 5.73 Å².